The molecule has 3 nitrogen and oxygen atoms in total. The van der Waals surface area contributed by atoms with E-state index in [1.54, 1.807) is 6.07 Å². The van der Waals surface area contributed by atoms with Crippen LogP contribution in [-0.2, 0) is 9.05 Å². The van der Waals surface area contributed by atoms with Gasteiger partial charge < -0.3 is 4.74 Å². The van der Waals surface area contributed by atoms with Gasteiger partial charge in [0.05, 0.1) is 9.37 Å². The van der Waals surface area contributed by atoms with E-state index in [9.17, 15) is 8.42 Å². The molecule has 0 aromatic heterocycles. The molecule has 2 aromatic rings. The van der Waals surface area contributed by atoms with Crippen molar-refractivity contribution in [2.24, 2.45) is 0 Å². The summed E-state index contributed by atoms with van der Waals surface area (Å²) in [6.07, 6.45) is 0. The van der Waals surface area contributed by atoms with Gasteiger partial charge in [0.25, 0.3) is 9.05 Å². The molecule has 2 rings (SSSR count). The lowest BCUT2D eigenvalue weighted by molar-refractivity contribution is 0.478. The van der Waals surface area contributed by atoms with Crippen molar-refractivity contribution in [3.05, 3.63) is 52.5 Å². The van der Waals surface area contributed by atoms with E-state index in [4.69, 9.17) is 15.4 Å². The van der Waals surface area contributed by atoms with Crippen molar-refractivity contribution in [1.82, 2.24) is 0 Å². The summed E-state index contributed by atoms with van der Waals surface area (Å²) in [5, 5.41) is 0. The second kappa shape index (κ2) is 5.53. The summed E-state index contributed by atoms with van der Waals surface area (Å²) in [5.74, 6) is 1.21. The zero-order valence-electron chi connectivity index (χ0n) is 9.93. The van der Waals surface area contributed by atoms with E-state index in [1.165, 1.54) is 12.1 Å². The van der Waals surface area contributed by atoms with Crippen molar-refractivity contribution >= 4 is 35.7 Å². The predicted molar refractivity (Wildman–Crippen MR) is 78.4 cm³/mol. The van der Waals surface area contributed by atoms with Crippen LogP contribution in [0.3, 0.4) is 0 Å². The lowest BCUT2D eigenvalue weighted by atomic mass is 10.2. The number of hydrogen-bond acceptors (Lipinski definition) is 3. The third kappa shape index (κ3) is 3.72. The Balaban J connectivity index is 2.32. The van der Waals surface area contributed by atoms with Gasteiger partial charge in [-0.3, -0.25) is 0 Å². The molecule has 0 aliphatic carbocycles. The highest BCUT2D eigenvalue weighted by Gasteiger charge is 2.13. The largest absolute Gasteiger partial charge is 0.456 e. The molecule has 0 aliphatic heterocycles. The first-order valence-electron chi connectivity index (χ1n) is 5.35. The molecule has 0 bridgehead atoms. The van der Waals surface area contributed by atoms with Crippen LogP contribution in [0.25, 0.3) is 0 Å². The van der Waals surface area contributed by atoms with Crippen molar-refractivity contribution in [2.75, 3.05) is 0 Å². The molecule has 0 aliphatic rings. The van der Waals surface area contributed by atoms with Crippen LogP contribution in [0.4, 0.5) is 0 Å². The summed E-state index contributed by atoms with van der Waals surface area (Å²) >= 11 is 3.27. The fourth-order valence-corrected chi connectivity index (χ4v) is 2.91. The Labute approximate surface area is 124 Å². The van der Waals surface area contributed by atoms with Gasteiger partial charge >= 0.3 is 0 Å². The van der Waals surface area contributed by atoms with Gasteiger partial charge in [0, 0.05) is 10.7 Å². The molecular formula is C13H10BrClO3S. The third-order valence-corrected chi connectivity index (χ3v) is 4.37. The molecule has 0 saturated heterocycles. The average molecular weight is 362 g/mol. The number of ether oxygens (including phenoxy) is 1. The van der Waals surface area contributed by atoms with Crippen molar-refractivity contribution < 1.29 is 13.2 Å². The lowest BCUT2D eigenvalue weighted by Gasteiger charge is -2.09. The molecule has 0 saturated carbocycles. The molecule has 0 radical (unpaired) electrons. The highest BCUT2D eigenvalue weighted by Crippen LogP contribution is 2.32. The number of benzene rings is 2. The Morgan fingerprint density at radius 2 is 1.89 bits per heavy atom. The summed E-state index contributed by atoms with van der Waals surface area (Å²) < 4.78 is 28.6. The molecule has 19 heavy (non-hydrogen) atoms. The van der Waals surface area contributed by atoms with Crippen LogP contribution in [0, 0.1) is 6.92 Å². The monoisotopic (exact) mass is 360 g/mol. The highest BCUT2D eigenvalue weighted by atomic mass is 79.9. The van der Waals surface area contributed by atoms with E-state index in [2.05, 4.69) is 15.9 Å². The quantitative estimate of drug-likeness (QED) is 0.757. The second-order valence-electron chi connectivity index (χ2n) is 3.95. The molecule has 0 atom stereocenters. The van der Waals surface area contributed by atoms with Gasteiger partial charge in [-0.25, -0.2) is 8.42 Å². The van der Waals surface area contributed by atoms with Crippen LogP contribution in [0.5, 0.6) is 11.5 Å². The number of hydrogen-bond donors (Lipinski definition) is 0. The maximum atomic E-state index is 11.2. The smallest absolute Gasteiger partial charge is 0.261 e. The summed E-state index contributed by atoms with van der Waals surface area (Å²) in [5.41, 5.74) is 1.08. The maximum absolute atomic E-state index is 11.2. The molecule has 0 unspecified atom stereocenters. The molecule has 0 spiro atoms. The molecule has 100 valence electrons. The Morgan fingerprint density at radius 3 is 2.47 bits per heavy atom. The van der Waals surface area contributed by atoms with Crippen LogP contribution >= 0.6 is 26.6 Å². The van der Waals surface area contributed by atoms with Crippen LogP contribution in [0.1, 0.15) is 5.56 Å². The standard InChI is InChI=1S/C13H10BrClO3S/c1-9-3-2-4-10(7-9)18-13-6-5-11(8-12(13)14)19(15,16)17/h2-8H,1H3. The van der Waals surface area contributed by atoms with Crippen molar-refractivity contribution in [3.63, 3.8) is 0 Å². The molecule has 0 N–H and O–H groups in total. The second-order valence-corrected chi connectivity index (χ2v) is 7.37. The topological polar surface area (TPSA) is 43.4 Å². The summed E-state index contributed by atoms with van der Waals surface area (Å²) in [7, 11) is 1.54. The average Bonchev–Trinajstić information content (AvgIpc) is 2.30. The summed E-state index contributed by atoms with van der Waals surface area (Å²) in [6.45, 7) is 1.96. The lowest BCUT2D eigenvalue weighted by Crippen LogP contribution is -1.92. The number of rotatable bonds is 3. The fourth-order valence-electron chi connectivity index (χ4n) is 1.52. The highest BCUT2D eigenvalue weighted by molar-refractivity contribution is 9.10. The first-order valence-corrected chi connectivity index (χ1v) is 8.45. The third-order valence-electron chi connectivity index (χ3n) is 2.40. The fraction of sp³-hybridized carbons (Fsp3) is 0.0769. The Bertz CT molecular complexity index is 714. The van der Waals surface area contributed by atoms with E-state index in [1.807, 2.05) is 31.2 Å². The minimum Gasteiger partial charge on any atom is -0.456 e. The zero-order chi connectivity index (χ0) is 14.0. The zero-order valence-corrected chi connectivity index (χ0v) is 13.1. The minimum atomic E-state index is -3.73. The molecule has 0 amide bonds. The van der Waals surface area contributed by atoms with Gasteiger partial charge in [-0.1, -0.05) is 12.1 Å². The van der Waals surface area contributed by atoms with Crippen molar-refractivity contribution in [3.8, 4) is 11.5 Å². The van der Waals surface area contributed by atoms with Gasteiger partial charge in [0.1, 0.15) is 11.5 Å². The van der Waals surface area contributed by atoms with E-state index >= 15 is 0 Å². The van der Waals surface area contributed by atoms with Crippen LogP contribution in [0.2, 0.25) is 0 Å². The summed E-state index contributed by atoms with van der Waals surface area (Å²) in [6, 6.07) is 11.9. The van der Waals surface area contributed by atoms with Gasteiger partial charge in [0.2, 0.25) is 0 Å². The first kappa shape index (κ1) is 14.4. The van der Waals surface area contributed by atoms with Gasteiger partial charge in [-0.15, -0.1) is 0 Å². The van der Waals surface area contributed by atoms with E-state index in [0.29, 0.717) is 16.0 Å². The molecule has 0 heterocycles. The van der Waals surface area contributed by atoms with Crippen molar-refractivity contribution in [1.29, 1.82) is 0 Å². The predicted octanol–water partition coefficient (Wildman–Crippen LogP) is 4.48. The normalized spacial score (nSPS) is 11.3. The minimum absolute atomic E-state index is 0.0256. The van der Waals surface area contributed by atoms with Crippen LogP contribution in [0.15, 0.2) is 51.8 Å². The van der Waals surface area contributed by atoms with E-state index < -0.39 is 9.05 Å². The SMILES string of the molecule is Cc1cccc(Oc2ccc(S(=O)(=O)Cl)cc2Br)c1. The van der Waals surface area contributed by atoms with Crippen LogP contribution in [-0.4, -0.2) is 8.42 Å². The molecule has 6 heteroatoms. The number of halogens is 2. The van der Waals surface area contributed by atoms with E-state index in [-0.39, 0.29) is 4.90 Å². The Morgan fingerprint density at radius 1 is 1.16 bits per heavy atom. The van der Waals surface area contributed by atoms with Gasteiger partial charge in [0.15, 0.2) is 0 Å². The molecule has 2 aromatic carbocycles. The van der Waals surface area contributed by atoms with Gasteiger partial charge in [-0.2, -0.15) is 0 Å². The molecule has 0 fully saturated rings. The maximum Gasteiger partial charge on any atom is 0.261 e. The van der Waals surface area contributed by atoms with Gasteiger partial charge in [-0.05, 0) is 58.7 Å². The molecular weight excluding hydrogens is 352 g/mol. The summed E-state index contributed by atoms with van der Waals surface area (Å²) in [4.78, 5) is 0.0256. The first-order chi connectivity index (χ1) is 8.86. The number of aryl methyl sites for hydroxylation is 1. The van der Waals surface area contributed by atoms with Crippen molar-refractivity contribution in [2.45, 2.75) is 11.8 Å². The Kier molecular flexibility index (Phi) is 4.18. The van der Waals surface area contributed by atoms with E-state index in [0.717, 1.165) is 5.56 Å². The van der Waals surface area contributed by atoms with Crippen LogP contribution < -0.4 is 4.74 Å². The Hall–Kier alpha value is -1.04.